The first-order valence-corrected chi connectivity index (χ1v) is 6.05. The van der Waals surface area contributed by atoms with Crippen molar-refractivity contribution in [3.05, 3.63) is 0 Å². The summed E-state index contributed by atoms with van der Waals surface area (Å²) in [6, 6.07) is -0.407. The Labute approximate surface area is 91.4 Å². The summed E-state index contributed by atoms with van der Waals surface area (Å²) >= 11 is 0. The first-order valence-electron chi connectivity index (χ1n) is 6.05. The summed E-state index contributed by atoms with van der Waals surface area (Å²) in [6.07, 6.45) is 7.50. The molecule has 2 fully saturated rings. The number of hydrogen-bond acceptors (Lipinski definition) is 3. The molecule has 2 N–H and O–H groups in total. The lowest BCUT2D eigenvalue weighted by Crippen LogP contribution is -2.32. The van der Waals surface area contributed by atoms with Crippen LogP contribution in [0.5, 0.6) is 0 Å². The molecular formula is C12H21NO2. The van der Waals surface area contributed by atoms with Crippen LogP contribution >= 0.6 is 0 Å². The van der Waals surface area contributed by atoms with Crippen LogP contribution < -0.4 is 5.73 Å². The maximum absolute atomic E-state index is 11.1. The lowest BCUT2D eigenvalue weighted by Gasteiger charge is -2.17. The standard InChI is InChI=1S/C12H21NO2/c1-15-12(14)11(13)7-6-10(8-2-3-8)9-4-5-9/h8-11H,2-7,13H2,1H3. The van der Waals surface area contributed by atoms with Gasteiger partial charge in [-0.15, -0.1) is 0 Å². The largest absolute Gasteiger partial charge is 0.468 e. The van der Waals surface area contributed by atoms with E-state index in [1.807, 2.05) is 0 Å². The molecule has 1 unspecified atom stereocenters. The number of rotatable bonds is 6. The summed E-state index contributed by atoms with van der Waals surface area (Å²) in [5.41, 5.74) is 5.74. The van der Waals surface area contributed by atoms with Crippen LogP contribution in [0.2, 0.25) is 0 Å². The van der Waals surface area contributed by atoms with Crippen LogP contribution in [-0.4, -0.2) is 19.1 Å². The first kappa shape index (κ1) is 10.9. The van der Waals surface area contributed by atoms with E-state index in [2.05, 4.69) is 4.74 Å². The van der Waals surface area contributed by atoms with Gasteiger partial charge in [0.2, 0.25) is 0 Å². The molecule has 0 aromatic rings. The van der Waals surface area contributed by atoms with Crippen molar-refractivity contribution in [2.75, 3.05) is 7.11 Å². The highest BCUT2D eigenvalue weighted by atomic mass is 16.5. The fraction of sp³-hybridized carbons (Fsp3) is 0.917. The second-order valence-corrected chi connectivity index (χ2v) is 5.05. The number of nitrogens with two attached hydrogens (primary N) is 1. The minimum absolute atomic E-state index is 0.264. The van der Waals surface area contributed by atoms with E-state index < -0.39 is 6.04 Å². The fourth-order valence-electron chi connectivity index (χ4n) is 2.55. The number of methoxy groups -OCH3 is 1. The molecule has 0 saturated heterocycles. The Kier molecular flexibility index (Phi) is 3.29. The topological polar surface area (TPSA) is 52.3 Å². The molecule has 15 heavy (non-hydrogen) atoms. The normalized spacial score (nSPS) is 22.9. The van der Waals surface area contributed by atoms with E-state index in [1.54, 1.807) is 0 Å². The average Bonchev–Trinajstić information content (AvgIpc) is 3.07. The van der Waals surface area contributed by atoms with Gasteiger partial charge in [0.25, 0.3) is 0 Å². The average molecular weight is 211 g/mol. The van der Waals surface area contributed by atoms with E-state index >= 15 is 0 Å². The second-order valence-electron chi connectivity index (χ2n) is 5.05. The maximum Gasteiger partial charge on any atom is 0.322 e. The Morgan fingerprint density at radius 1 is 1.27 bits per heavy atom. The van der Waals surface area contributed by atoms with Crippen LogP contribution in [0.4, 0.5) is 0 Å². The summed E-state index contributed by atoms with van der Waals surface area (Å²) < 4.78 is 4.63. The van der Waals surface area contributed by atoms with E-state index in [1.165, 1.54) is 32.8 Å². The van der Waals surface area contributed by atoms with Gasteiger partial charge in [-0.05, 0) is 56.3 Å². The third kappa shape index (κ3) is 2.94. The molecule has 3 heteroatoms. The van der Waals surface area contributed by atoms with Crippen molar-refractivity contribution in [2.24, 2.45) is 23.5 Å². The molecule has 0 aromatic carbocycles. The predicted molar refractivity (Wildman–Crippen MR) is 58.2 cm³/mol. The van der Waals surface area contributed by atoms with Crippen molar-refractivity contribution in [3.8, 4) is 0 Å². The van der Waals surface area contributed by atoms with Crippen LogP contribution in [0.25, 0.3) is 0 Å². The van der Waals surface area contributed by atoms with Crippen molar-refractivity contribution >= 4 is 5.97 Å². The smallest absolute Gasteiger partial charge is 0.322 e. The molecule has 3 nitrogen and oxygen atoms in total. The van der Waals surface area contributed by atoms with Crippen LogP contribution in [0.3, 0.4) is 0 Å². The quantitative estimate of drug-likeness (QED) is 0.680. The number of esters is 1. The molecule has 1 atom stereocenters. The Hall–Kier alpha value is -0.570. The minimum atomic E-state index is -0.407. The second kappa shape index (κ2) is 4.52. The van der Waals surface area contributed by atoms with E-state index in [0.29, 0.717) is 0 Å². The van der Waals surface area contributed by atoms with Crippen LogP contribution in [0, 0.1) is 17.8 Å². The van der Waals surface area contributed by atoms with Crippen LogP contribution in [0.1, 0.15) is 38.5 Å². The zero-order valence-corrected chi connectivity index (χ0v) is 9.45. The molecule has 0 aromatic heterocycles. The predicted octanol–water partition coefficient (Wildman–Crippen LogP) is 1.70. The molecule has 0 radical (unpaired) electrons. The summed E-state index contributed by atoms with van der Waals surface area (Å²) in [6.45, 7) is 0. The molecule has 0 spiro atoms. The van der Waals surface area contributed by atoms with E-state index in [4.69, 9.17) is 5.73 Å². The number of carbonyl (C=O) groups excluding carboxylic acids is 1. The minimum Gasteiger partial charge on any atom is -0.468 e. The Bertz CT molecular complexity index is 222. The fourth-order valence-corrected chi connectivity index (χ4v) is 2.55. The van der Waals surface area contributed by atoms with E-state index in [0.717, 1.165) is 30.6 Å². The van der Waals surface area contributed by atoms with Gasteiger partial charge in [-0.25, -0.2) is 0 Å². The molecule has 0 heterocycles. The SMILES string of the molecule is COC(=O)C(N)CCC(C1CC1)C1CC1. The third-order valence-corrected chi connectivity index (χ3v) is 3.77. The van der Waals surface area contributed by atoms with Gasteiger partial charge in [0.1, 0.15) is 6.04 Å². The molecule has 2 rings (SSSR count). The summed E-state index contributed by atoms with van der Waals surface area (Å²) in [7, 11) is 1.40. The van der Waals surface area contributed by atoms with Gasteiger partial charge in [0.05, 0.1) is 7.11 Å². The molecule has 0 bridgehead atoms. The summed E-state index contributed by atoms with van der Waals surface area (Å²) in [5, 5.41) is 0. The Morgan fingerprint density at radius 2 is 1.80 bits per heavy atom. The van der Waals surface area contributed by atoms with Crippen molar-refractivity contribution in [3.63, 3.8) is 0 Å². The van der Waals surface area contributed by atoms with Crippen LogP contribution in [0.15, 0.2) is 0 Å². The number of hydrogen-bond donors (Lipinski definition) is 1. The van der Waals surface area contributed by atoms with Gasteiger partial charge in [-0.2, -0.15) is 0 Å². The lowest BCUT2D eigenvalue weighted by atomic mass is 9.91. The van der Waals surface area contributed by atoms with Gasteiger partial charge in [-0.3, -0.25) is 4.79 Å². The monoisotopic (exact) mass is 211 g/mol. The summed E-state index contributed by atoms with van der Waals surface area (Å²) in [4.78, 5) is 11.1. The Morgan fingerprint density at radius 3 is 2.20 bits per heavy atom. The van der Waals surface area contributed by atoms with Gasteiger partial charge in [0, 0.05) is 0 Å². The first-order chi connectivity index (χ1) is 7.22. The zero-order valence-electron chi connectivity index (χ0n) is 9.45. The molecule has 0 aliphatic heterocycles. The Balaban J connectivity index is 1.72. The highest BCUT2D eigenvalue weighted by Gasteiger charge is 2.41. The van der Waals surface area contributed by atoms with E-state index in [9.17, 15) is 4.79 Å². The van der Waals surface area contributed by atoms with Crippen molar-refractivity contribution in [1.29, 1.82) is 0 Å². The molecule has 0 amide bonds. The van der Waals surface area contributed by atoms with Gasteiger partial charge >= 0.3 is 5.97 Å². The van der Waals surface area contributed by atoms with Crippen LogP contribution in [-0.2, 0) is 9.53 Å². The maximum atomic E-state index is 11.1. The van der Waals surface area contributed by atoms with Gasteiger partial charge in [-0.1, -0.05) is 0 Å². The summed E-state index contributed by atoms with van der Waals surface area (Å²) in [5.74, 6) is 2.48. The zero-order chi connectivity index (χ0) is 10.8. The lowest BCUT2D eigenvalue weighted by molar-refractivity contribution is -0.142. The molecule has 2 aliphatic carbocycles. The van der Waals surface area contributed by atoms with E-state index in [-0.39, 0.29) is 5.97 Å². The third-order valence-electron chi connectivity index (χ3n) is 3.77. The molecule has 86 valence electrons. The highest BCUT2D eigenvalue weighted by molar-refractivity contribution is 5.75. The molecule has 2 aliphatic rings. The van der Waals surface area contributed by atoms with Gasteiger partial charge in [0.15, 0.2) is 0 Å². The van der Waals surface area contributed by atoms with Crippen molar-refractivity contribution < 1.29 is 9.53 Å². The number of carbonyl (C=O) groups is 1. The highest BCUT2D eigenvalue weighted by Crippen LogP contribution is 2.51. The van der Waals surface area contributed by atoms with Crippen molar-refractivity contribution in [2.45, 2.75) is 44.6 Å². The number of ether oxygens (including phenoxy) is 1. The van der Waals surface area contributed by atoms with Gasteiger partial charge < -0.3 is 10.5 Å². The molecular weight excluding hydrogens is 190 g/mol. The molecule has 2 saturated carbocycles. The van der Waals surface area contributed by atoms with Crippen molar-refractivity contribution in [1.82, 2.24) is 0 Å².